The zero-order valence-electron chi connectivity index (χ0n) is 15.2. The number of hydrogen-bond donors (Lipinski definition) is 2. The van der Waals surface area contributed by atoms with E-state index in [2.05, 4.69) is 22.5 Å². The second-order valence-electron chi connectivity index (χ2n) is 6.47. The number of carbonyl (C=O) groups is 3. The number of rotatable bonds is 5. The largest absolute Gasteiger partial charge is 0.452 e. The van der Waals surface area contributed by atoms with Crippen LogP contribution in [0.5, 0.6) is 0 Å². The van der Waals surface area contributed by atoms with Crippen molar-refractivity contribution in [2.24, 2.45) is 5.92 Å². The van der Waals surface area contributed by atoms with E-state index in [1.54, 1.807) is 13.8 Å². The standard InChI is InChI=1S/C16H27N3O4S2/c1-10(2)17-15(22)18-14(21)12(4)23-13(20)9-25-16(24)19-7-5-11(3)6-8-19/h10-12H,5-9H2,1-4H3,(H2,17,18,21,22)/t12-/m1/s1. The molecule has 3 amide bonds. The van der Waals surface area contributed by atoms with Gasteiger partial charge in [0, 0.05) is 19.1 Å². The molecule has 1 aliphatic rings. The number of piperidine rings is 1. The third-order valence-corrected chi connectivity index (χ3v) is 5.19. The fraction of sp³-hybridized carbons (Fsp3) is 0.750. The zero-order chi connectivity index (χ0) is 19.0. The summed E-state index contributed by atoms with van der Waals surface area (Å²) in [4.78, 5) is 37.2. The van der Waals surface area contributed by atoms with E-state index in [1.807, 2.05) is 0 Å². The van der Waals surface area contributed by atoms with Gasteiger partial charge in [0.05, 0.1) is 5.75 Å². The number of urea groups is 1. The molecule has 1 saturated heterocycles. The van der Waals surface area contributed by atoms with E-state index in [4.69, 9.17) is 17.0 Å². The second-order valence-corrected chi connectivity index (χ2v) is 8.08. The summed E-state index contributed by atoms with van der Waals surface area (Å²) in [5.41, 5.74) is 0. The number of thiocarbonyl (C=S) groups is 1. The lowest BCUT2D eigenvalue weighted by molar-refractivity contribution is -0.151. The van der Waals surface area contributed by atoms with Gasteiger partial charge in [-0.3, -0.25) is 14.9 Å². The van der Waals surface area contributed by atoms with Gasteiger partial charge < -0.3 is 15.0 Å². The summed E-state index contributed by atoms with van der Waals surface area (Å²) in [5.74, 6) is -0.448. The number of hydrogen-bond acceptors (Lipinski definition) is 6. The molecule has 0 radical (unpaired) electrons. The lowest BCUT2D eigenvalue weighted by atomic mass is 10.00. The number of carbonyl (C=O) groups excluding carboxylic acids is 3. The molecular formula is C16H27N3O4S2. The van der Waals surface area contributed by atoms with Gasteiger partial charge in [-0.25, -0.2) is 4.79 Å². The maximum Gasteiger partial charge on any atom is 0.321 e. The molecule has 0 aromatic heterocycles. The molecule has 1 fully saturated rings. The highest BCUT2D eigenvalue weighted by Crippen LogP contribution is 2.20. The van der Waals surface area contributed by atoms with Gasteiger partial charge in [0.15, 0.2) is 6.10 Å². The maximum atomic E-state index is 11.9. The van der Waals surface area contributed by atoms with Crippen molar-refractivity contribution >= 4 is 46.2 Å². The third kappa shape index (κ3) is 8.53. The van der Waals surface area contributed by atoms with E-state index in [-0.39, 0.29) is 11.8 Å². The highest BCUT2D eigenvalue weighted by molar-refractivity contribution is 8.23. The zero-order valence-corrected chi connectivity index (χ0v) is 16.8. The van der Waals surface area contributed by atoms with Crippen LogP contribution >= 0.6 is 24.0 Å². The molecule has 1 atom stereocenters. The molecular weight excluding hydrogens is 362 g/mol. The average molecular weight is 390 g/mol. The van der Waals surface area contributed by atoms with Crippen LogP contribution in [0.4, 0.5) is 4.79 Å². The topological polar surface area (TPSA) is 87.7 Å². The van der Waals surface area contributed by atoms with Gasteiger partial charge in [-0.05, 0) is 39.5 Å². The number of imide groups is 1. The second kappa shape index (κ2) is 10.6. The molecule has 0 aromatic carbocycles. The van der Waals surface area contributed by atoms with E-state index in [0.29, 0.717) is 10.2 Å². The lowest BCUT2D eigenvalue weighted by Crippen LogP contribution is -2.46. The van der Waals surface area contributed by atoms with Gasteiger partial charge in [0.1, 0.15) is 4.32 Å². The smallest absolute Gasteiger partial charge is 0.321 e. The number of thioether (sulfide) groups is 1. The van der Waals surface area contributed by atoms with Crippen LogP contribution < -0.4 is 10.6 Å². The summed E-state index contributed by atoms with van der Waals surface area (Å²) in [6.07, 6.45) is 1.15. The molecule has 1 rings (SSSR count). The van der Waals surface area contributed by atoms with Crippen LogP contribution in [-0.2, 0) is 14.3 Å². The van der Waals surface area contributed by atoms with E-state index in [9.17, 15) is 14.4 Å². The quantitative estimate of drug-likeness (QED) is 0.548. The van der Waals surface area contributed by atoms with Gasteiger partial charge in [0.2, 0.25) is 0 Å². The minimum Gasteiger partial charge on any atom is -0.452 e. The average Bonchev–Trinajstić information content (AvgIpc) is 2.52. The summed E-state index contributed by atoms with van der Waals surface area (Å²) < 4.78 is 5.72. The molecule has 0 unspecified atom stereocenters. The van der Waals surface area contributed by atoms with Gasteiger partial charge >= 0.3 is 12.0 Å². The van der Waals surface area contributed by atoms with Gasteiger partial charge in [-0.15, -0.1) is 0 Å². The van der Waals surface area contributed by atoms with Crippen LogP contribution in [0.25, 0.3) is 0 Å². The first kappa shape index (κ1) is 21.7. The van der Waals surface area contributed by atoms with Crippen molar-refractivity contribution in [3.8, 4) is 0 Å². The van der Waals surface area contributed by atoms with E-state index in [1.165, 1.54) is 18.7 Å². The first-order chi connectivity index (χ1) is 11.7. The Labute approximate surface area is 158 Å². The molecule has 7 nitrogen and oxygen atoms in total. The Hall–Kier alpha value is -1.35. The van der Waals surface area contributed by atoms with Crippen LogP contribution in [0.1, 0.15) is 40.5 Å². The summed E-state index contributed by atoms with van der Waals surface area (Å²) in [7, 11) is 0. The highest BCUT2D eigenvalue weighted by atomic mass is 32.2. The van der Waals surface area contributed by atoms with Crippen LogP contribution in [-0.4, -0.2) is 58.1 Å². The predicted molar refractivity (Wildman–Crippen MR) is 102 cm³/mol. The summed E-state index contributed by atoms with van der Waals surface area (Å²) >= 11 is 6.58. The monoisotopic (exact) mass is 389 g/mol. The molecule has 0 saturated carbocycles. The molecule has 0 aliphatic carbocycles. The Balaban J connectivity index is 2.29. The summed E-state index contributed by atoms with van der Waals surface area (Å²) in [6, 6.07) is -0.710. The van der Waals surface area contributed by atoms with Gasteiger partial charge in [-0.2, -0.15) is 0 Å². The van der Waals surface area contributed by atoms with Crippen molar-refractivity contribution in [3.05, 3.63) is 0 Å². The van der Waals surface area contributed by atoms with Crippen molar-refractivity contribution in [2.45, 2.75) is 52.7 Å². The van der Waals surface area contributed by atoms with Crippen molar-refractivity contribution in [3.63, 3.8) is 0 Å². The highest BCUT2D eigenvalue weighted by Gasteiger charge is 2.22. The molecule has 9 heteroatoms. The number of nitrogens with one attached hydrogen (secondary N) is 2. The van der Waals surface area contributed by atoms with Crippen molar-refractivity contribution in [1.82, 2.24) is 15.5 Å². The third-order valence-electron chi connectivity index (χ3n) is 3.69. The Morgan fingerprint density at radius 1 is 1.24 bits per heavy atom. The first-order valence-electron chi connectivity index (χ1n) is 8.41. The number of ether oxygens (including phenoxy) is 1. The number of nitrogens with zero attached hydrogens (tertiary/aromatic N) is 1. The molecule has 1 heterocycles. The maximum absolute atomic E-state index is 11.9. The molecule has 2 N–H and O–H groups in total. The summed E-state index contributed by atoms with van der Waals surface area (Å²) in [5, 5.41) is 4.65. The molecule has 0 bridgehead atoms. The Morgan fingerprint density at radius 2 is 1.84 bits per heavy atom. The molecule has 0 aromatic rings. The van der Waals surface area contributed by atoms with Crippen molar-refractivity contribution in [2.75, 3.05) is 18.8 Å². The number of likely N-dealkylation sites (tertiary alicyclic amines) is 1. The fourth-order valence-corrected chi connectivity index (χ4v) is 3.23. The normalized spacial score (nSPS) is 16.3. The van der Waals surface area contributed by atoms with Gasteiger partial charge in [0.25, 0.3) is 5.91 Å². The Morgan fingerprint density at radius 3 is 2.40 bits per heavy atom. The molecule has 0 spiro atoms. The van der Waals surface area contributed by atoms with Gasteiger partial charge in [-0.1, -0.05) is 30.9 Å². The van der Waals surface area contributed by atoms with Crippen molar-refractivity contribution < 1.29 is 19.1 Å². The van der Waals surface area contributed by atoms with Crippen molar-refractivity contribution in [1.29, 1.82) is 0 Å². The SMILES string of the molecule is CC1CCN(C(=S)SCC(=O)O[C@H](C)C(=O)NC(=O)NC(C)C)CC1. The van der Waals surface area contributed by atoms with E-state index >= 15 is 0 Å². The van der Waals surface area contributed by atoms with Crippen LogP contribution in [0.2, 0.25) is 0 Å². The summed E-state index contributed by atoms with van der Waals surface area (Å²) in [6.45, 7) is 9.01. The first-order valence-corrected chi connectivity index (χ1v) is 9.81. The van der Waals surface area contributed by atoms with E-state index < -0.39 is 24.0 Å². The number of amides is 3. The van der Waals surface area contributed by atoms with E-state index in [0.717, 1.165) is 25.9 Å². The minimum atomic E-state index is -1.05. The molecule has 142 valence electrons. The predicted octanol–water partition coefficient (Wildman–Crippen LogP) is 1.90. The Bertz CT molecular complexity index is 506. The minimum absolute atomic E-state index is 0.0424. The number of esters is 1. The van der Waals surface area contributed by atoms with Crippen LogP contribution in [0.3, 0.4) is 0 Å². The molecule has 1 aliphatic heterocycles. The molecule has 25 heavy (non-hydrogen) atoms. The van der Waals surface area contributed by atoms with Crippen LogP contribution in [0.15, 0.2) is 0 Å². The Kier molecular flexibility index (Phi) is 9.20. The lowest BCUT2D eigenvalue weighted by Gasteiger charge is -2.31. The fourth-order valence-electron chi connectivity index (χ4n) is 2.20. The van der Waals surface area contributed by atoms with Crippen LogP contribution in [0, 0.1) is 5.92 Å².